The second-order valence-corrected chi connectivity index (χ2v) is 4.49. The van der Waals surface area contributed by atoms with E-state index in [0.29, 0.717) is 11.5 Å². The van der Waals surface area contributed by atoms with E-state index < -0.39 is 17.6 Å². The largest absolute Gasteiger partial charge is 0.493 e. The molecule has 0 saturated heterocycles. The molecule has 0 aliphatic heterocycles. The van der Waals surface area contributed by atoms with Crippen LogP contribution in [0.5, 0.6) is 11.5 Å². The lowest BCUT2D eigenvalue weighted by molar-refractivity contribution is 0.0846. The number of carbonyl (C=O) groups excluding carboxylic acids is 2. The van der Waals surface area contributed by atoms with Crippen molar-refractivity contribution in [2.24, 2.45) is 0 Å². The third-order valence-electron chi connectivity index (χ3n) is 3.02. The van der Waals surface area contributed by atoms with E-state index in [1.54, 1.807) is 6.07 Å². The third kappa shape index (κ3) is 3.97. The van der Waals surface area contributed by atoms with E-state index in [-0.39, 0.29) is 11.1 Å². The Kier molecular flexibility index (Phi) is 5.14. The molecule has 120 valence electrons. The van der Waals surface area contributed by atoms with Crippen LogP contribution < -0.4 is 20.3 Å². The quantitative estimate of drug-likeness (QED) is 0.845. The Hall–Kier alpha value is -3.09. The molecular weight excluding hydrogens is 303 g/mol. The molecule has 0 spiro atoms. The zero-order chi connectivity index (χ0) is 16.8. The number of nitrogens with one attached hydrogen (secondary N) is 2. The number of hydrogen-bond acceptors (Lipinski definition) is 4. The number of ether oxygens (including phenoxy) is 2. The first-order chi connectivity index (χ1) is 11.0. The fraction of sp³-hybridized carbons (Fsp3) is 0.125. The van der Waals surface area contributed by atoms with E-state index in [4.69, 9.17) is 9.47 Å². The summed E-state index contributed by atoms with van der Waals surface area (Å²) < 4.78 is 23.2. The normalized spacial score (nSPS) is 9.87. The van der Waals surface area contributed by atoms with Crippen molar-refractivity contribution in [2.75, 3.05) is 14.2 Å². The van der Waals surface area contributed by atoms with Gasteiger partial charge in [-0.25, -0.2) is 4.39 Å². The lowest BCUT2D eigenvalue weighted by atomic mass is 10.2. The maximum absolute atomic E-state index is 13.1. The number of hydrazine groups is 1. The summed E-state index contributed by atoms with van der Waals surface area (Å²) in [5.41, 5.74) is 4.82. The van der Waals surface area contributed by atoms with Gasteiger partial charge >= 0.3 is 0 Å². The molecule has 0 aliphatic rings. The van der Waals surface area contributed by atoms with Gasteiger partial charge in [-0.1, -0.05) is 6.07 Å². The molecule has 7 heteroatoms. The molecule has 2 amide bonds. The van der Waals surface area contributed by atoms with Crippen LogP contribution in [0.4, 0.5) is 4.39 Å². The molecule has 0 atom stereocenters. The van der Waals surface area contributed by atoms with Crippen LogP contribution >= 0.6 is 0 Å². The van der Waals surface area contributed by atoms with E-state index >= 15 is 0 Å². The van der Waals surface area contributed by atoms with Gasteiger partial charge in [-0.15, -0.1) is 0 Å². The van der Waals surface area contributed by atoms with Crippen LogP contribution in [0.2, 0.25) is 0 Å². The molecule has 2 aromatic rings. The van der Waals surface area contributed by atoms with Crippen LogP contribution in [0.25, 0.3) is 0 Å². The van der Waals surface area contributed by atoms with Crippen LogP contribution in [-0.2, 0) is 0 Å². The van der Waals surface area contributed by atoms with Gasteiger partial charge in [-0.2, -0.15) is 0 Å². The number of benzene rings is 2. The molecule has 0 aromatic heterocycles. The van der Waals surface area contributed by atoms with Gasteiger partial charge in [0.05, 0.1) is 14.2 Å². The van der Waals surface area contributed by atoms with E-state index in [9.17, 15) is 14.0 Å². The minimum absolute atomic E-state index is 0.0950. The number of amides is 2. The van der Waals surface area contributed by atoms with Gasteiger partial charge in [0.1, 0.15) is 5.82 Å². The molecule has 0 radical (unpaired) electrons. The van der Waals surface area contributed by atoms with E-state index in [2.05, 4.69) is 10.9 Å². The van der Waals surface area contributed by atoms with Crippen molar-refractivity contribution in [1.82, 2.24) is 10.9 Å². The molecule has 23 heavy (non-hydrogen) atoms. The lowest BCUT2D eigenvalue weighted by Crippen LogP contribution is -2.41. The second-order valence-electron chi connectivity index (χ2n) is 4.49. The molecule has 6 nitrogen and oxygen atoms in total. The first kappa shape index (κ1) is 16.3. The summed E-state index contributed by atoms with van der Waals surface area (Å²) in [6, 6.07) is 9.69. The molecular formula is C16H15FN2O4. The van der Waals surface area contributed by atoms with Crippen molar-refractivity contribution >= 4 is 11.8 Å². The van der Waals surface area contributed by atoms with Crippen LogP contribution in [0.15, 0.2) is 42.5 Å². The summed E-state index contributed by atoms with van der Waals surface area (Å²) in [4.78, 5) is 23.8. The third-order valence-corrected chi connectivity index (χ3v) is 3.02. The average Bonchev–Trinajstić information content (AvgIpc) is 2.58. The van der Waals surface area contributed by atoms with Gasteiger partial charge in [0, 0.05) is 11.1 Å². The summed E-state index contributed by atoms with van der Waals surface area (Å²) >= 11 is 0. The predicted octanol–water partition coefficient (Wildman–Crippen LogP) is 1.92. The highest BCUT2D eigenvalue weighted by molar-refractivity contribution is 5.99. The first-order valence-corrected chi connectivity index (χ1v) is 6.63. The van der Waals surface area contributed by atoms with Crippen molar-refractivity contribution in [3.05, 3.63) is 59.4 Å². The van der Waals surface area contributed by atoms with Gasteiger partial charge in [0.25, 0.3) is 11.8 Å². The second kappa shape index (κ2) is 7.26. The molecule has 0 bridgehead atoms. The Morgan fingerprint density at radius 2 is 1.48 bits per heavy atom. The zero-order valence-electron chi connectivity index (χ0n) is 12.6. The fourth-order valence-electron chi connectivity index (χ4n) is 1.87. The number of hydrogen-bond donors (Lipinski definition) is 2. The topological polar surface area (TPSA) is 76.7 Å². The lowest BCUT2D eigenvalue weighted by Gasteiger charge is -2.10. The van der Waals surface area contributed by atoms with Crippen LogP contribution in [0.1, 0.15) is 20.7 Å². The SMILES string of the molecule is COc1ccc(C(=O)NNC(=O)c2cccc(F)c2)cc1OC. The van der Waals surface area contributed by atoms with Crippen LogP contribution in [0.3, 0.4) is 0 Å². The van der Waals surface area contributed by atoms with Gasteiger partial charge in [-0.3, -0.25) is 20.4 Å². The Labute approximate surface area is 132 Å². The summed E-state index contributed by atoms with van der Waals surface area (Å²) in [5.74, 6) is -0.845. The smallest absolute Gasteiger partial charge is 0.269 e. The molecule has 0 saturated carbocycles. The molecule has 0 fully saturated rings. The molecule has 0 heterocycles. The van der Waals surface area contributed by atoms with E-state index in [1.165, 1.54) is 44.6 Å². The molecule has 2 aromatic carbocycles. The fourth-order valence-corrected chi connectivity index (χ4v) is 1.87. The monoisotopic (exact) mass is 318 g/mol. The summed E-state index contributed by atoms with van der Waals surface area (Å²) in [6.45, 7) is 0. The van der Waals surface area contributed by atoms with E-state index in [1.807, 2.05) is 0 Å². The summed E-state index contributed by atoms with van der Waals surface area (Å²) in [7, 11) is 2.93. The molecule has 2 N–H and O–H groups in total. The summed E-state index contributed by atoms with van der Waals surface area (Å²) in [5, 5.41) is 0. The van der Waals surface area contributed by atoms with Gasteiger partial charge in [0.2, 0.25) is 0 Å². The van der Waals surface area contributed by atoms with Crippen molar-refractivity contribution in [1.29, 1.82) is 0 Å². The predicted molar refractivity (Wildman–Crippen MR) is 80.9 cm³/mol. The van der Waals surface area contributed by atoms with Gasteiger partial charge in [0.15, 0.2) is 11.5 Å². The van der Waals surface area contributed by atoms with Crippen molar-refractivity contribution in [3.8, 4) is 11.5 Å². The number of methoxy groups -OCH3 is 2. The van der Waals surface area contributed by atoms with Gasteiger partial charge in [-0.05, 0) is 36.4 Å². The van der Waals surface area contributed by atoms with Crippen molar-refractivity contribution < 1.29 is 23.5 Å². The first-order valence-electron chi connectivity index (χ1n) is 6.63. The van der Waals surface area contributed by atoms with Crippen LogP contribution in [0, 0.1) is 5.82 Å². The minimum Gasteiger partial charge on any atom is -0.493 e. The molecule has 2 rings (SSSR count). The van der Waals surface area contributed by atoms with E-state index in [0.717, 1.165) is 6.07 Å². The highest BCUT2D eigenvalue weighted by atomic mass is 19.1. The maximum Gasteiger partial charge on any atom is 0.269 e. The van der Waals surface area contributed by atoms with Gasteiger partial charge < -0.3 is 9.47 Å². The Morgan fingerprint density at radius 1 is 0.870 bits per heavy atom. The highest BCUT2D eigenvalue weighted by Gasteiger charge is 2.12. The molecule has 0 unspecified atom stereocenters. The minimum atomic E-state index is -0.627. The Morgan fingerprint density at radius 3 is 2.04 bits per heavy atom. The van der Waals surface area contributed by atoms with Crippen molar-refractivity contribution in [3.63, 3.8) is 0 Å². The highest BCUT2D eigenvalue weighted by Crippen LogP contribution is 2.27. The summed E-state index contributed by atoms with van der Waals surface area (Å²) in [6.07, 6.45) is 0. The maximum atomic E-state index is 13.1. The molecule has 0 aliphatic carbocycles. The Bertz CT molecular complexity index is 734. The zero-order valence-corrected chi connectivity index (χ0v) is 12.6. The standard InChI is InChI=1S/C16H15FN2O4/c1-22-13-7-6-11(9-14(13)23-2)16(21)19-18-15(20)10-4-3-5-12(17)8-10/h3-9H,1-2H3,(H,18,20)(H,19,21). The number of carbonyl (C=O) groups is 2. The van der Waals surface area contributed by atoms with Crippen molar-refractivity contribution in [2.45, 2.75) is 0 Å². The van der Waals surface area contributed by atoms with Crippen LogP contribution in [-0.4, -0.2) is 26.0 Å². The number of halogens is 1. The average molecular weight is 318 g/mol. The number of rotatable bonds is 4. The Balaban J connectivity index is 2.03.